The molecule has 100 valence electrons. The summed E-state index contributed by atoms with van der Waals surface area (Å²) in [6, 6.07) is 0. The van der Waals surface area contributed by atoms with Crippen molar-refractivity contribution in [2.75, 3.05) is 0 Å². The summed E-state index contributed by atoms with van der Waals surface area (Å²) in [7, 11) is 0. The van der Waals surface area contributed by atoms with E-state index in [1.165, 1.54) is 19.3 Å². The lowest BCUT2D eigenvalue weighted by atomic mass is 9.52. The summed E-state index contributed by atoms with van der Waals surface area (Å²) in [5.74, 6) is 0. The quantitative estimate of drug-likeness (QED) is 0.760. The number of ether oxygens (including phenoxy) is 1. The highest BCUT2D eigenvalue weighted by molar-refractivity contribution is 5.09. The summed E-state index contributed by atoms with van der Waals surface area (Å²) < 4.78 is 6.28. The Bertz CT molecular complexity index is 293. The summed E-state index contributed by atoms with van der Waals surface area (Å²) in [5, 5.41) is 10.7. The standard InChI is InChI=1S/C15H28O2/c1-6-15-8-7-11(2)17-12(15)13(3,4)14(5,16)9-10-15/h11-12,16H,6-10H2,1-5H3/t11-,12?,14?,15?/m0/s1. The molecule has 1 saturated carbocycles. The Balaban J connectivity index is 2.36. The van der Waals surface area contributed by atoms with Crippen molar-refractivity contribution in [1.82, 2.24) is 0 Å². The van der Waals surface area contributed by atoms with Gasteiger partial charge in [-0.1, -0.05) is 20.8 Å². The Labute approximate surface area is 106 Å². The van der Waals surface area contributed by atoms with Crippen LogP contribution in [0.15, 0.2) is 0 Å². The van der Waals surface area contributed by atoms with Crippen LogP contribution in [0.3, 0.4) is 0 Å². The van der Waals surface area contributed by atoms with Crippen molar-refractivity contribution in [3.63, 3.8) is 0 Å². The summed E-state index contributed by atoms with van der Waals surface area (Å²) in [6.07, 6.45) is 6.15. The van der Waals surface area contributed by atoms with Gasteiger partial charge in [0.15, 0.2) is 0 Å². The lowest BCUT2D eigenvalue weighted by Gasteiger charge is -2.60. The second-order valence-electron chi connectivity index (χ2n) is 7.08. The lowest BCUT2D eigenvalue weighted by molar-refractivity contribution is -0.252. The Hall–Kier alpha value is -0.0800. The fourth-order valence-electron chi connectivity index (χ4n) is 3.89. The predicted molar refractivity (Wildman–Crippen MR) is 69.9 cm³/mol. The van der Waals surface area contributed by atoms with Gasteiger partial charge in [-0.3, -0.25) is 0 Å². The molecule has 0 aromatic heterocycles. The minimum absolute atomic E-state index is 0.157. The fraction of sp³-hybridized carbons (Fsp3) is 1.00. The van der Waals surface area contributed by atoms with E-state index in [9.17, 15) is 5.11 Å². The Morgan fingerprint density at radius 2 is 1.82 bits per heavy atom. The van der Waals surface area contributed by atoms with Gasteiger partial charge in [0, 0.05) is 5.41 Å². The molecule has 2 aliphatic rings. The third-order valence-corrected chi connectivity index (χ3v) is 5.83. The SMILES string of the molecule is CCC12CC[C@H](C)OC1C(C)(C)C(C)(O)CC2. The highest BCUT2D eigenvalue weighted by Gasteiger charge is 2.59. The minimum Gasteiger partial charge on any atom is -0.390 e. The molecular weight excluding hydrogens is 212 g/mol. The van der Waals surface area contributed by atoms with Crippen LogP contribution in [0.5, 0.6) is 0 Å². The van der Waals surface area contributed by atoms with E-state index in [4.69, 9.17) is 4.74 Å². The molecule has 0 aromatic rings. The van der Waals surface area contributed by atoms with Crippen LogP contribution in [0.4, 0.5) is 0 Å². The third-order valence-electron chi connectivity index (χ3n) is 5.83. The highest BCUT2D eigenvalue weighted by Crippen LogP contribution is 2.58. The van der Waals surface area contributed by atoms with Crippen molar-refractivity contribution >= 4 is 0 Å². The molecule has 2 heteroatoms. The molecule has 4 atom stereocenters. The average molecular weight is 240 g/mol. The van der Waals surface area contributed by atoms with Crippen LogP contribution in [0.2, 0.25) is 0 Å². The molecule has 3 unspecified atom stereocenters. The van der Waals surface area contributed by atoms with E-state index in [1.54, 1.807) is 0 Å². The maximum absolute atomic E-state index is 10.7. The van der Waals surface area contributed by atoms with E-state index in [2.05, 4.69) is 27.7 Å². The largest absolute Gasteiger partial charge is 0.390 e. The van der Waals surface area contributed by atoms with E-state index in [0.29, 0.717) is 11.5 Å². The first-order valence-electron chi connectivity index (χ1n) is 7.13. The number of hydrogen-bond donors (Lipinski definition) is 1. The van der Waals surface area contributed by atoms with E-state index in [1.807, 2.05) is 6.92 Å². The van der Waals surface area contributed by atoms with Gasteiger partial charge in [-0.05, 0) is 51.4 Å². The van der Waals surface area contributed by atoms with Gasteiger partial charge in [0.05, 0.1) is 17.8 Å². The molecule has 1 aliphatic carbocycles. The molecule has 2 rings (SSSR count). The van der Waals surface area contributed by atoms with Gasteiger partial charge in [0.2, 0.25) is 0 Å². The molecule has 0 spiro atoms. The number of aliphatic hydroxyl groups is 1. The smallest absolute Gasteiger partial charge is 0.0713 e. The van der Waals surface area contributed by atoms with Crippen molar-refractivity contribution in [2.24, 2.45) is 10.8 Å². The second kappa shape index (κ2) is 3.96. The molecule has 2 nitrogen and oxygen atoms in total. The molecule has 0 radical (unpaired) electrons. The minimum atomic E-state index is -0.604. The van der Waals surface area contributed by atoms with Gasteiger partial charge < -0.3 is 9.84 Å². The number of hydrogen-bond acceptors (Lipinski definition) is 2. The average Bonchev–Trinajstić information content (AvgIpc) is 2.26. The summed E-state index contributed by atoms with van der Waals surface area (Å²) in [4.78, 5) is 0. The van der Waals surface area contributed by atoms with Crippen molar-refractivity contribution in [3.8, 4) is 0 Å². The van der Waals surface area contributed by atoms with Crippen molar-refractivity contribution in [2.45, 2.75) is 84.5 Å². The monoisotopic (exact) mass is 240 g/mol. The zero-order valence-corrected chi connectivity index (χ0v) is 12.0. The van der Waals surface area contributed by atoms with E-state index < -0.39 is 5.60 Å². The van der Waals surface area contributed by atoms with Gasteiger partial charge >= 0.3 is 0 Å². The van der Waals surface area contributed by atoms with Crippen molar-refractivity contribution in [1.29, 1.82) is 0 Å². The molecule has 0 bridgehead atoms. The molecule has 1 aliphatic heterocycles. The van der Waals surface area contributed by atoms with Gasteiger partial charge in [0.1, 0.15) is 0 Å². The molecule has 17 heavy (non-hydrogen) atoms. The van der Waals surface area contributed by atoms with Gasteiger partial charge in [0.25, 0.3) is 0 Å². The van der Waals surface area contributed by atoms with Crippen LogP contribution < -0.4 is 0 Å². The van der Waals surface area contributed by atoms with E-state index in [-0.39, 0.29) is 11.5 Å². The maximum atomic E-state index is 10.7. The summed E-state index contributed by atoms with van der Waals surface area (Å²) >= 11 is 0. The van der Waals surface area contributed by atoms with Gasteiger partial charge in [-0.25, -0.2) is 0 Å². The molecule has 1 N–H and O–H groups in total. The summed E-state index contributed by atoms with van der Waals surface area (Å²) in [6.45, 7) is 10.8. The van der Waals surface area contributed by atoms with Crippen LogP contribution in [-0.2, 0) is 4.74 Å². The second-order valence-corrected chi connectivity index (χ2v) is 7.08. The zero-order chi connectivity index (χ0) is 12.9. The molecular formula is C15H28O2. The first-order chi connectivity index (χ1) is 7.75. The van der Waals surface area contributed by atoms with Crippen LogP contribution >= 0.6 is 0 Å². The Morgan fingerprint density at radius 1 is 1.18 bits per heavy atom. The third kappa shape index (κ3) is 1.84. The molecule has 0 aromatic carbocycles. The molecule has 0 amide bonds. The number of rotatable bonds is 1. The van der Waals surface area contributed by atoms with Gasteiger partial charge in [-0.2, -0.15) is 0 Å². The van der Waals surface area contributed by atoms with Crippen LogP contribution in [-0.4, -0.2) is 22.9 Å². The molecule has 1 heterocycles. The first kappa shape index (κ1) is 13.4. The Kier molecular flexibility index (Phi) is 3.11. The Morgan fingerprint density at radius 3 is 2.41 bits per heavy atom. The first-order valence-corrected chi connectivity index (χ1v) is 7.13. The molecule has 1 saturated heterocycles. The van der Waals surface area contributed by atoms with Crippen molar-refractivity contribution < 1.29 is 9.84 Å². The van der Waals surface area contributed by atoms with Crippen LogP contribution in [0, 0.1) is 10.8 Å². The van der Waals surface area contributed by atoms with Gasteiger partial charge in [-0.15, -0.1) is 0 Å². The summed E-state index contributed by atoms with van der Waals surface area (Å²) in [5.41, 5.74) is -0.457. The molecule has 2 fully saturated rings. The van der Waals surface area contributed by atoms with Crippen LogP contribution in [0.1, 0.15) is 66.7 Å². The highest BCUT2D eigenvalue weighted by atomic mass is 16.5. The fourth-order valence-corrected chi connectivity index (χ4v) is 3.89. The lowest BCUT2D eigenvalue weighted by Crippen LogP contribution is -2.63. The number of fused-ring (bicyclic) bond motifs is 1. The maximum Gasteiger partial charge on any atom is 0.0713 e. The predicted octanol–water partition coefficient (Wildman–Crippen LogP) is 3.52. The van der Waals surface area contributed by atoms with Crippen LogP contribution in [0.25, 0.3) is 0 Å². The van der Waals surface area contributed by atoms with Crippen molar-refractivity contribution in [3.05, 3.63) is 0 Å². The van der Waals surface area contributed by atoms with E-state index >= 15 is 0 Å². The van der Waals surface area contributed by atoms with E-state index in [0.717, 1.165) is 12.8 Å². The zero-order valence-electron chi connectivity index (χ0n) is 12.0. The normalized spacial score (nSPS) is 49.8. The topological polar surface area (TPSA) is 29.5 Å².